The standard InChI is InChI=1S/C16H18N6/c1-3-7-17-15(5-1)13-19-21-9-11-22(12-10-21)20-14-16-6-2-4-8-18-16/h1-8,13-14H,9-12H2. The molecule has 1 saturated heterocycles. The molecule has 3 rings (SSSR count). The van der Waals surface area contributed by atoms with Crippen LogP contribution in [0.4, 0.5) is 0 Å². The number of hydrogen-bond acceptors (Lipinski definition) is 6. The fourth-order valence-corrected chi connectivity index (χ4v) is 2.10. The van der Waals surface area contributed by atoms with Crippen molar-refractivity contribution in [1.29, 1.82) is 0 Å². The molecule has 1 aliphatic rings. The molecule has 0 spiro atoms. The molecule has 112 valence electrons. The summed E-state index contributed by atoms with van der Waals surface area (Å²) in [6.07, 6.45) is 7.14. The van der Waals surface area contributed by atoms with Crippen LogP contribution in [0.1, 0.15) is 11.4 Å². The summed E-state index contributed by atoms with van der Waals surface area (Å²) in [5.41, 5.74) is 1.75. The monoisotopic (exact) mass is 294 g/mol. The van der Waals surface area contributed by atoms with E-state index in [0.29, 0.717) is 0 Å². The second-order valence-corrected chi connectivity index (χ2v) is 4.91. The first-order valence-corrected chi connectivity index (χ1v) is 7.30. The van der Waals surface area contributed by atoms with Gasteiger partial charge in [0.1, 0.15) is 0 Å². The summed E-state index contributed by atoms with van der Waals surface area (Å²) in [5, 5.41) is 13.0. The molecule has 2 aromatic rings. The van der Waals surface area contributed by atoms with Crippen molar-refractivity contribution in [3.63, 3.8) is 0 Å². The van der Waals surface area contributed by atoms with Crippen molar-refractivity contribution in [2.45, 2.75) is 0 Å². The van der Waals surface area contributed by atoms with Gasteiger partial charge >= 0.3 is 0 Å². The van der Waals surface area contributed by atoms with Gasteiger partial charge in [-0.05, 0) is 24.3 Å². The summed E-state index contributed by atoms with van der Waals surface area (Å²) in [5.74, 6) is 0. The van der Waals surface area contributed by atoms with E-state index in [0.717, 1.165) is 37.6 Å². The van der Waals surface area contributed by atoms with Gasteiger partial charge in [0.15, 0.2) is 0 Å². The van der Waals surface area contributed by atoms with Gasteiger partial charge in [-0.1, -0.05) is 12.1 Å². The lowest BCUT2D eigenvalue weighted by Gasteiger charge is -2.30. The molecule has 0 atom stereocenters. The van der Waals surface area contributed by atoms with E-state index < -0.39 is 0 Å². The highest BCUT2D eigenvalue weighted by Gasteiger charge is 2.12. The minimum absolute atomic E-state index is 0.850. The van der Waals surface area contributed by atoms with E-state index in [4.69, 9.17) is 0 Å². The van der Waals surface area contributed by atoms with E-state index in [-0.39, 0.29) is 0 Å². The van der Waals surface area contributed by atoms with E-state index in [2.05, 4.69) is 20.2 Å². The zero-order valence-electron chi connectivity index (χ0n) is 12.3. The molecule has 6 heteroatoms. The number of nitrogens with zero attached hydrogens (tertiary/aromatic N) is 6. The average Bonchev–Trinajstić information content (AvgIpc) is 2.61. The average molecular weight is 294 g/mol. The van der Waals surface area contributed by atoms with Crippen molar-refractivity contribution in [2.75, 3.05) is 26.2 Å². The Morgan fingerprint density at radius 1 is 0.727 bits per heavy atom. The van der Waals surface area contributed by atoms with Crippen LogP contribution >= 0.6 is 0 Å². The van der Waals surface area contributed by atoms with Crippen LogP contribution in [-0.2, 0) is 0 Å². The first-order chi connectivity index (χ1) is 10.9. The maximum atomic E-state index is 4.46. The molecule has 0 N–H and O–H groups in total. The molecule has 1 fully saturated rings. The lowest BCUT2D eigenvalue weighted by atomic mass is 10.4. The summed E-state index contributed by atoms with van der Waals surface area (Å²) < 4.78 is 0. The molecule has 1 aliphatic heterocycles. The third-order valence-corrected chi connectivity index (χ3v) is 3.31. The van der Waals surface area contributed by atoms with Gasteiger partial charge in [-0.25, -0.2) is 0 Å². The van der Waals surface area contributed by atoms with Crippen LogP contribution in [0.3, 0.4) is 0 Å². The van der Waals surface area contributed by atoms with Crippen molar-refractivity contribution >= 4 is 12.4 Å². The van der Waals surface area contributed by atoms with Gasteiger partial charge in [-0.3, -0.25) is 20.0 Å². The van der Waals surface area contributed by atoms with Crippen LogP contribution in [0.2, 0.25) is 0 Å². The number of aromatic nitrogens is 2. The summed E-state index contributed by atoms with van der Waals surface area (Å²) in [7, 11) is 0. The first-order valence-electron chi connectivity index (χ1n) is 7.30. The number of hydrazone groups is 2. The topological polar surface area (TPSA) is 57.0 Å². The van der Waals surface area contributed by atoms with Crippen LogP contribution in [0.25, 0.3) is 0 Å². The number of pyridine rings is 2. The largest absolute Gasteiger partial charge is 0.293 e. The molecule has 0 saturated carbocycles. The third-order valence-electron chi connectivity index (χ3n) is 3.31. The third kappa shape index (κ3) is 4.12. The van der Waals surface area contributed by atoms with E-state index in [1.54, 1.807) is 24.8 Å². The molecule has 22 heavy (non-hydrogen) atoms. The van der Waals surface area contributed by atoms with Gasteiger partial charge in [0, 0.05) is 12.4 Å². The van der Waals surface area contributed by atoms with E-state index in [9.17, 15) is 0 Å². The Bertz CT molecular complexity index is 560. The predicted molar refractivity (Wildman–Crippen MR) is 86.8 cm³/mol. The van der Waals surface area contributed by atoms with Gasteiger partial charge in [0.2, 0.25) is 0 Å². The zero-order valence-corrected chi connectivity index (χ0v) is 12.3. The quantitative estimate of drug-likeness (QED) is 0.801. The summed E-state index contributed by atoms with van der Waals surface area (Å²) in [6.45, 7) is 3.40. The molecule has 3 heterocycles. The highest BCUT2D eigenvalue weighted by atomic mass is 15.5. The zero-order chi connectivity index (χ0) is 15.0. The molecule has 2 aromatic heterocycles. The molecule has 0 aromatic carbocycles. The Labute approximate surface area is 129 Å². The Hall–Kier alpha value is -2.76. The number of rotatable bonds is 4. The van der Waals surface area contributed by atoms with Crippen LogP contribution < -0.4 is 0 Å². The second-order valence-electron chi connectivity index (χ2n) is 4.91. The van der Waals surface area contributed by atoms with Crippen molar-refractivity contribution in [3.05, 3.63) is 60.2 Å². The minimum Gasteiger partial charge on any atom is -0.293 e. The highest BCUT2D eigenvalue weighted by molar-refractivity contribution is 5.76. The predicted octanol–water partition coefficient (Wildman–Crippen LogP) is 1.46. The van der Waals surface area contributed by atoms with Crippen molar-refractivity contribution in [1.82, 2.24) is 20.0 Å². The lowest BCUT2D eigenvalue weighted by Crippen LogP contribution is -2.41. The summed E-state index contributed by atoms with van der Waals surface area (Å²) >= 11 is 0. The van der Waals surface area contributed by atoms with Crippen molar-refractivity contribution in [2.24, 2.45) is 10.2 Å². The smallest absolute Gasteiger partial charge is 0.0830 e. The van der Waals surface area contributed by atoms with Crippen LogP contribution in [0.15, 0.2) is 59.0 Å². The molecule has 0 aliphatic carbocycles. The van der Waals surface area contributed by atoms with Gasteiger partial charge in [0.05, 0.1) is 50.0 Å². The molecule has 0 amide bonds. The van der Waals surface area contributed by atoms with Crippen molar-refractivity contribution in [3.8, 4) is 0 Å². The molecular weight excluding hydrogens is 276 g/mol. The van der Waals surface area contributed by atoms with Crippen molar-refractivity contribution < 1.29 is 0 Å². The maximum absolute atomic E-state index is 4.46. The Balaban J connectivity index is 1.48. The molecular formula is C16H18N6. The molecule has 0 radical (unpaired) electrons. The second kappa shape index (κ2) is 7.31. The summed E-state index contributed by atoms with van der Waals surface area (Å²) in [6, 6.07) is 11.6. The highest BCUT2D eigenvalue weighted by Crippen LogP contribution is 2.03. The van der Waals surface area contributed by atoms with Crippen LogP contribution in [0, 0.1) is 0 Å². The Kier molecular flexibility index (Phi) is 4.71. The normalized spacial score (nSPS) is 15.8. The van der Waals surface area contributed by atoms with E-state index in [1.807, 2.05) is 46.4 Å². The first kappa shape index (κ1) is 14.2. The molecule has 0 unspecified atom stereocenters. The maximum Gasteiger partial charge on any atom is 0.0830 e. The van der Waals surface area contributed by atoms with E-state index in [1.165, 1.54) is 0 Å². The fraction of sp³-hybridized carbons (Fsp3) is 0.250. The molecule has 0 bridgehead atoms. The number of hydrogen-bond donors (Lipinski definition) is 0. The van der Waals surface area contributed by atoms with E-state index >= 15 is 0 Å². The van der Waals surface area contributed by atoms with Gasteiger partial charge in [-0.15, -0.1) is 0 Å². The minimum atomic E-state index is 0.850. The number of piperazine rings is 1. The van der Waals surface area contributed by atoms with Gasteiger partial charge in [0.25, 0.3) is 0 Å². The lowest BCUT2D eigenvalue weighted by molar-refractivity contribution is 0.141. The molecule has 6 nitrogen and oxygen atoms in total. The van der Waals surface area contributed by atoms with Gasteiger partial charge in [-0.2, -0.15) is 10.2 Å². The van der Waals surface area contributed by atoms with Crippen LogP contribution in [0.5, 0.6) is 0 Å². The van der Waals surface area contributed by atoms with Gasteiger partial charge < -0.3 is 0 Å². The SMILES string of the molecule is C(=NN1CCN(N=Cc2ccccn2)CC1)c1ccccn1. The summed E-state index contributed by atoms with van der Waals surface area (Å²) in [4.78, 5) is 8.45. The van der Waals surface area contributed by atoms with Crippen LogP contribution in [-0.4, -0.2) is 58.6 Å². The Morgan fingerprint density at radius 2 is 1.18 bits per heavy atom. The fourth-order valence-electron chi connectivity index (χ4n) is 2.10. The Morgan fingerprint density at radius 3 is 1.55 bits per heavy atom.